The standard InChI is InChI=1S/C32H36O8S/c1-21-13-27(40-20-32(34)9-11-41(35,36)12-10-32)14-22(2)31(21)24-6-4-5-23(15-24)18-38-26-7-8-28-25(16-30(33)37-3)19-39-29(28)17-26/h4-8,13-15,17,25,34H,9-12,16,18-20H2,1-3H3. The van der Waals surface area contributed by atoms with E-state index in [1.54, 1.807) is 0 Å². The minimum absolute atomic E-state index is 0.0118. The van der Waals surface area contributed by atoms with Crippen LogP contribution in [0.2, 0.25) is 0 Å². The van der Waals surface area contributed by atoms with Crippen molar-refractivity contribution in [2.75, 3.05) is 31.8 Å². The Morgan fingerprint density at radius 3 is 2.44 bits per heavy atom. The van der Waals surface area contributed by atoms with Crippen molar-refractivity contribution in [2.24, 2.45) is 0 Å². The molecule has 41 heavy (non-hydrogen) atoms. The number of sulfone groups is 1. The fourth-order valence-electron chi connectivity index (χ4n) is 5.53. The Morgan fingerprint density at radius 1 is 1.00 bits per heavy atom. The van der Waals surface area contributed by atoms with Crippen LogP contribution in [0.5, 0.6) is 17.2 Å². The Bertz CT molecular complexity index is 1510. The van der Waals surface area contributed by atoms with Crippen LogP contribution in [-0.4, -0.2) is 56.9 Å². The third-order valence-corrected chi connectivity index (χ3v) is 9.55. The van der Waals surface area contributed by atoms with Crippen LogP contribution in [0.3, 0.4) is 0 Å². The summed E-state index contributed by atoms with van der Waals surface area (Å²) in [5.74, 6) is 1.79. The Labute approximate surface area is 241 Å². The Hall–Kier alpha value is -3.56. The van der Waals surface area contributed by atoms with E-state index in [2.05, 4.69) is 12.1 Å². The predicted octanol–water partition coefficient (Wildman–Crippen LogP) is 4.91. The first-order valence-electron chi connectivity index (χ1n) is 13.8. The van der Waals surface area contributed by atoms with Crippen molar-refractivity contribution in [3.05, 3.63) is 76.9 Å². The van der Waals surface area contributed by atoms with Crippen LogP contribution in [0.25, 0.3) is 11.1 Å². The van der Waals surface area contributed by atoms with Gasteiger partial charge in [0.05, 0.1) is 31.6 Å². The van der Waals surface area contributed by atoms with Crippen LogP contribution in [-0.2, 0) is 26.0 Å². The molecule has 2 aliphatic rings. The van der Waals surface area contributed by atoms with E-state index in [4.69, 9.17) is 18.9 Å². The Morgan fingerprint density at radius 2 is 1.73 bits per heavy atom. The number of esters is 1. The number of carbonyl (C=O) groups excluding carboxylic acids is 1. The van der Waals surface area contributed by atoms with Crippen molar-refractivity contribution >= 4 is 15.8 Å². The average molecular weight is 581 g/mol. The lowest BCUT2D eigenvalue weighted by Gasteiger charge is -2.31. The first kappa shape index (κ1) is 29.0. The van der Waals surface area contributed by atoms with Gasteiger partial charge in [-0.05, 0) is 78.8 Å². The van der Waals surface area contributed by atoms with Gasteiger partial charge < -0.3 is 24.1 Å². The number of hydrogen-bond donors (Lipinski definition) is 1. The average Bonchev–Trinajstić information content (AvgIpc) is 3.34. The maximum absolute atomic E-state index is 11.7. The molecule has 1 N–H and O–H groups in total. The number of aryl methyl sites for hydroxylation is 2. The molecule has 1 fully saturated rings. The van der Waals surface area contributed by atoms with Gasteiger partial charge in [0.2, 0.25) is 0 Å². The minimum atomic E-state index is -3.06. The second kappa shape index (κ2) is 11.7. The summed E-state index contributed by atoms with van der Waals surface area (Å²) in [5.41, 5.74) is 5.11. The molecule has 0 radical (unpaired) electrons. The number of rotatable bonds is 9. The number of methoxy groups -OCH3 is 1. The molecule has 3 aromatic carbocycles. The number of hydrogen-bond acceptors (Lipinski definition) is 8. The molecule has 0 amide bonds. The summed E-state index contributed by atoms with van der Waals surface area (Å²) in [6.45, 7) is 4.94. The molecular formula is C32H36O8S. The molecule has 0 spiro atoms. The van der Waals surface area contributed by atoms with Gasteiger partial charge in [-0.2, -0.15) is 0 Å². The largest absolute Gasteiger partial charge is 0.492 e. The number of ether oxygens (including phenoxy) is 4. The van der Waals surface area contributed by atoms with Gasteiger partial charge in [-0.15, -0.1) is 0 Å². The molecule has 9 heteroatoms. The quantitative estimate of drug-likeness (QED) is 0.356. The third kappa shape index (κ3) is 6.85. The van der Waals surface area contributed by atoms with Crippen molar-refractivity contribution < 1.29 is 37.3 Å². The number of fused-ring (bicyclic) bond motifs is 1. The van der Waals surface area contributed by atoms with Gasteiger partial charge in [0.15, 0.2) is 9.84 Å². The van der Waals surface area contributed by atoms with E-state index in [9.17, 15) is 18.3 Å². The highest BCUT2D eigenvalue weighted by Crippen LogP contribution is 2.39. The van der Waals surface area contributed by atoms with Gasteiger partial charge in [-0.3, -0.25) is 4.79 Å². The molecule has 1 atom stereocenters. The van der Waals surface area contributed by atoms with E-state index in [0.717, 1.165) is 39.1 Å². The topological polar surface area (TPSA) is 108 Å². The molecule has 5 rings (SSSR count). The van der Waals surface area contributed by atoms with Crippen LogP contribution in [0.15, 0.2) is 54.6 Å². The zero-order valence-corrected chi connectivity index (χ0v) is 24.5. The highest BCUT2D eigenvalue weighted by atomic mass is 32.2. The van der Waals surface area contributed by atoms with E-state index in [1.165, 1.54) is 7.11 Å². The zero-order valence-electron chi connectivity index (χ0n) is 23.6. The molecular weight excluding hydrogens is 544 g/mol. The zero-order chi connectivity index (χ0) is 29.2. The van der Waals surface area contributed by atoms with E-state index in [-0.39, 0.29) is 49.3 Å². The SMILES string of the molecule is COC(=O)CC1COc2cc(OCc3cccc(-c4c(C)cc(OCC5(O)CCS(=O)(=O)CC5)cc4C)c3)ccc21. The smallest absolute Gasteiger partial charge is 0.306 e. The van der Waals surface area contributed by atoms with Crippen LogP contribution < -0.4 is 14.2 Å². The van der Waals surface area contributed by atoms with Crippen molar-refractivity contribution in [1.29, 1.82) is 0 Å². The summed E-state index contributed by atoms with van der Waals surface area (Å²) in [6, 6.07) is 17.8. The second-order valence-electron chi connectivity index (χ2n) is 11.1. The van der Waals surface area contributed by atoms with Gasteiger partial charge in [0, 0.05) is 17.5 Å². The van der Waals surface area contributed by atoms with Crippen molar-refractivity contribution in [3.63, 3.8) is 0 Å². The Kier molecular flexibility index (Phi) is 8.29. The van der Waals surface area contributed by atoms with Crippen molar-refractivity contribution in [1.82, 2.24) is 0 Å². The van der Waals surface area contributed by atoms with E-state index in [0.29, 0.717) is 24.7 Å². The van der Waals surface area contributed by atoms with Crippen LogP contribution >= 0.6 is 0 Å². The van der Waals surface area contributed by atoms with E-state index < -0.39 is 15.4 Å². The summed E-state index contributed by atoms with van der Waals surface area (Å²) in [6.07, 6.45) is 0.667. The molecule has 2 aliphatic heterocycles. The monoisotopic (exact) mass is 580 g/mol. The van der Waals surface area contributed by atoms with E-state index in [1.807, 2.05) is 56.3 Å². The summed E-state index contributed by atoms with van der Waals surface area (Å²) >= 11 is 0. The predicted molar refractivity (Wildman–Crippen MR) is 155 cm³/mol. The molecule has 0 bridgehead atoms. The van der Waals surface area contributed by atoms with Crippen molar-refractivity contribution in [3.8, 4) is 28.4 Å². The lowest BCUT2D eigenvalue weighted by atomic mass is 9.94. The first-order chi connectivity index (χ1) is 19.5. The normalized spacial score (nSPS) is 18.7. The Balaban J connectivity index is 1.23. The molecule has 1 unspecified atom stereocenters. The molecule has 2 heterocycles. The summed E-state index contributed by atoms with van der Waals surface area (Å²) < 4.78 is 46.1. The second-order valence-corrected chi connectivity index (χ2v) is 13.4. The highest BCUT2D eigenvalue weighted by molar-refractivity contribution is 7.91. The van der Waals surface area contributed by atoms with Gasteiger partial charge in [0.1, 0.15) is 36.1 Å². The minimum Gasteiger partial charge on any atom is -0.492 e. The lowest BCUT2D eigenvalue weighted by molar-refractivity contribution is -0.141. The van der Waals surface area contributed by atoms with Crippen molar-refractivity contribution in [2.45, 2.75) is 51.2 Å². The maximum atomic E-state index is 11.7. The van der Waals surface area contributed by atoms with E-state index >= 15 is 0 Å². The third-order valence-electron chi connectivity index (χ3n) is 7.90. The number of benzene rings is 3. The molecule has 0 saturated carbocycles. The summed E-state index contributed by atoms with van der Waals surface area (Å²) in [5, 5.41) is 10.8. The summed E-state index contributed by atoms with van der Waals surface area (Å²) in [4.78, 5) is 11.7. The summed E-state index contributed by atoms with van der Waals surface area (Å²) in [7, 11) is -1.67. The van der Waals surface area contributed by atoms with Crippen LogP contribution in [0.4, 0.5) is 0 Å². The maximum Gasteiger partial charge on any atom is 0.306 e. The number of aliphatic hydroxyl groups is 1. The fourth-order valence-corrected chi connectivity index (χ4v) is 7.11. The highest BCUT2D eigenvalue weighted by Gasteiger charge is 2.36. The van der Waals surface area contributed by atoms with Crippen LogP contribution in [0, 0.1) is 13.8 Å². The van der Waals surface area contributed by atoms with Crippen LogP contribution in [0.1, 0.15) is 47.4 Å². The lowest BCUT2D eigenvalue weighted by Crippen LogP contribution is -2.43. The molecule has 0 aromatic heterocycles. The van der Waals surface area contributed by atoms with Gasteiger partial charge in [0.25, 0.3) is 0 Å². The van der Waals surface area contributed by atoms with Gasteiger partial charge >= 0.3 is 5.97 Å². The fraction of sp³-hybridized carbons (Fsp3) is 0.406. The first-order valence-corrected chi connectivity index (χ1v) is 15.6. The molecule has 1 saturated heterocycles. The molecule has 8 nitrogen and oxygen atoms in total. The molecule has 218 valence electrons. The molecule has 0 aliphatic carbocycles. The number of carbonyl (C=O) groups is 1. The van der Waals surface area contributed by atoms with Gasteiger partial charge in [-0.25, -0.2) is 8.42 Å². The molecule has 3 aromatic rings. The van der Waals surface area contributed by atoms with Gasteiger partial charge in [-0.1, -0.05) is 24.3 Å².